The van der Waals surface area contributed by atoms with Crippen molar-refractivity contribution in [3.05, 3.63) is 393 Å². The minimum absolute atomic E-state index is 0. The van der Waals surface area contributed by atoms with E-state index in [2.05, 4.69) is 390 Å². The molecule has 0 aliphatic rings. The van der Waals surface area contributed by atoms with Gasteiger partial charge >= 0.3 is 0 Å². The number of halogens is 1. The molecule has 15 aromatic carbocycles. The number of aromatic nitrogens is 3. The Morgan fingerprint density at radius 3 is 0.859 bits per heavy atom. The Balaban J connectivity index is 0.000000157. The molecule has 3 aromatic heterocycles. The molecule has 0 bridgehead atoms. The maximum absolute atomic E-state index is 3.58. The molecule has 18 aromatic rings. The van der Waals surface area contributed by atoms with Crippen LogP contribution in [0.25, 0.3) is 82.5 Å². The summed E-state index contributed by atoms with van der Waals surface area (Å²) in [5.41, 5.74) is 21.4. The molecule has 8 heteroatoms. The van der Waals surface area contributed by atoms with Gasteiger partial charge in [-0.3, -0.25) is 0 Å². The van der Waals surface area contributed by atoms with Gasteiger partial charge in [0, 0.05) is 111 Å². The van der Waals surface area contributed by atoms with E-state index in [9.17, 15) is 0 Å². The minimum atomic E-state index is 0. The highest BCUT2D eigenvalue weighted by Crippen LogP contribution is 2.45. The number of hydrogen-bond donors (Lipinski definition) is 2. The zero-order valence-corrected chi connectivity index (χ0v) is 55.2. The van der Waals surface area contributed by atoms with Crippen LogP contribution in [0.1, 0.15) is 7.43 Å². The predicted molar refractivity (Wildman–Crippen MR) is 426 cm³/mol. The van der Waals surface area contributed by atoms with Crippen LogP contribution >= 0.6 is 15.9 Å². The number of nitrogens with one attached hydrogen (secondary N) is 2. The lowest BCUT2D eigenvalue weighted by Gasteiger charge is -2.29. The summed E-state index contributed by atoms with van der Waals surface area (Å²) in [5, 5.41) is 14.3. The van der Waals surface area contributed by atoms with Gasteiger partial charge in [-0.1, -0.05) is 236 Å². The summed E-state index contributed by atoms with van der Waals surface area (Å²) in [6.45, 7) is 0. The van der Waals surface area contributed by atoms with Gasteiger partial charge in [-0.2, -0.15) is 0 Å². The van der Waals surface area contributed by atoms with E-state index in [-0.39, 0.29) is 7.43 Å². The van der Waals surface area contributed by atoms with Gasteiger partial charge in [0.15, 0.2) is 0 Å². The Morgan fingerprint density at radius 2 is 0.475 bits per heavy atom. The van der Waals surface area contributed by atoms with Gasteiger partial charge in [0.25, 0.3) is 0 Å². The summed E-state index contributed by atoms with van der Waals surface area (Å²) >= 11 is 3.58. The molecular formula is C91H70BrN7. The average Bonchev–Trinajstić information content (AvgIpc) is 1.63. The standard InChI is InChI=1S/C54H38N4.C18H12BrN.C18H16N2.CH4/c1-5-18-39(19-6-1)55(45-32-34-49-47-28-13-15-30-51(47)57(53(49)37-45)41-22-9-3-10-23-41)43-26-17-27-44(36-43)56(40-20-7-2-8-21-40)46-33-35-50-48-29-14-16-31-52(48)58(54(50)38-46)42-24-11-4-12-25-42;19-13-10-11-16-15-8-4-5-9-17(15)20(18(16)12-13)14-6-2-1-3-7-14;1-3-8-15(9-4-1)19-17-12-7-13-18(14-17)20-16-10-5-2-6-11-16;/h1-38H;1-12H;1-14,19-20H;1H4. The van der Waals surface area contributed by atoms with Gasteiger partial charge in [-0.05, 0) is 176 Å². The van der Waals surface area contributed by atoms with Crippen molar-refractivity contribution in [1.82, 2.24) is 13.7 Å². The largest absolute Gasteiger partial charge is 0.355 e. The molecule has 0 atom stereocenters. The Morgan fingerprint density at radius 1 is 0.202 bits per heavy atom. The molecule has 0 amide bonds. The van der Waals surface area contributed by atoms with Crippen LogP contribution in [0.3, 0.4) is 0 Å². The van der Waals surface area contributed by atoms with E-state index in [0.717, 1.165) is 83.8 Å². The monoisotopic (exact) mass is 1340 g/mol. The van der Waals surface area contributed by atoms with Crippen molar-refractivity contribution in [1.29, 1.82) is 0 Å². The second-order valence-electron chi connectivity index (χ2n) is 24.1. The Hall–Kier alpha value is -12.6. The molecule has 99 heavy (non-hydrogen) atoms. The van der Waals surface area contributed by atoms with Crippen molar-refractivity contribution in [2.75, 3.05) is 20.4 Å². The number of anilines is 10. The summed E-state index contributed by atoms with van der Waals surface area (Å²) in [4.78, 5) is 4.74. The smallest absolute Gasteiger partial charge is 0.0561 e. The van der Waals surface area contributed by atoms with E-state index in [4.69, 9.17) is 0 Å². The molecule has 2 N–H and O–H groups in total. The quantitative estimate of drug-likeness (QED) is 0.121. The van der Waals surface area contributed by atoms with Gasteiger partial charge in [0.05, 0.1) is 33.1 Å². The number of para-hydroxylation sites is 10. The number of nitrogens with zero attached hydrogens (tertiary/aromatic N) is 5. The van der Waals surface area contributed by atoms with Crippen molar-refractivity contribution >= 4 is 138 Å². The third-order valence-electron chi connectivity index (χ3n) is 17.9. The van der Waals surface area contributed by atoms with Gasteiger partial charge in [-0.25, -0.2) is 0 Å². The Kier molecular flexibility index (Phi) is 17.9. The summed E-state index contributed by atoms with van der Waals surface area (Å²) in [7, 11) is 0. The van der Waals surface area contributed by atoms with Crippen molar-refractivity contribution in [2.45, 2.75) is 7.43 Å². The first-order valence-corrected chi connectivity index (χ1v) is 33.8. The lowest BCUT2D eigenvalue weighted by Crippen LogP contribution is -2.13. The fourth-order valence-corrected chi connectivity index (χ4v) is 13.9. The van der Waals surface area contributed by atoms with Crippen molar-refractivity contribution in [3.63, 3.8) is 0 Å². The first kappa shape index (κ1) is 62.5. The molecule has 0 aliphatic carbocycles. The van der Waals surface area contributed by atoms with E-state index in [1.807, 2.05) is 48.5 Å². The number of fused-ring (bicyclic) bond motifs is 9. The maximum atomic E-state index is 3.58. The van der Waals surface area contributed by atoms with Crippen molar-refractivity contribution in [2.24, 2.45) is 0 Å². The fraction of sp³-hybridized carbons (Fsp3) is 0.0110. The summed E-state index contributed by atoms with van der Waals surface area (Å²) < 4.78 is 8.19. The number of benzene rings is 15. The highest BCUT2D eigenvalue weighted by Gasteiger charge is 2.22. The zero-order chi connectivity index (χ0) is 65.6. The van der Waals surface area contributed by atoms with Crippen LogP contribution in [0, 0.1) is 0 Å². The Labute approximate surface area is 585 Å². The highest BCUT2D eigenvalue weighted by atomic mass is 79.9. The predicted octanol–water partition coefficient (Wildman–Crippen LogP) is 26.2. The molecule has 0 saturated heterocycles. The van der Waals surface area contributed by atoms with Gasteiger partial charge < -0.3 is 34.1 Å². The zero-order valence-electron chi connectivity index (χ0n) is 53.6. The summed E-state index contributed by atoms with van der Waals surface area (Å²) in [6.07, 6.45) is 0. The highest BCUT2D eigenvalue weighted by molar-refractivity contribution is 9.10. The van der Waals surface area contributed by atoms with E-state index in [0.29, 0.717) is 0 Å². The second-order valence-corrected chi connectivity index (χ2v) is 25.0. The number of rotatable bonds is 13. The van der Waals surface area contributed by atoms with E-state index < -0.39 is 0 Å². The molecule has 0 unspecified atom stereocenters. The molecule has 476 valence electrons. The summed E-state index contributed by atoms with van der Waals surface area (Å²) in [5.74, 6) is 0. The van der Waals surface area contributed by atoms with E-state index in [1.165, 1.54) is 60.1 Å². The van der Waals surface area contributed by atoms with Crippen molar-refractivity contribution in [3.8, 4) is 17.1 Å². The van der Waals surface area contributed by atoms with Crippen LogP contribution in [-0.2, 0) is 0 Å². The van der Waals surface area contributed by atoms with Crippen LogP contribution in [0.2, 0.25) is 0 Å². The van der Waals surface area contributed by atoms with Crippen LogP contribution < -0.4 is 20.4 Å². The summed E-state index contributed by atoms with van der Waals surface area (Å²) in [6, 6.07) is 137. The second kappa shape index (κ2) is 28.4. The van der Waals surface area contributed by atoms with E-state index in [1.54, 1.807) is 0 Å². The van der Waals surface area contributed by atoms with Gasteiger partial charge in [-0.15, -0.1) is 0 Å². The molecule has 7 nitrogen and oxygen atoms in total. The molecule has 0 fully saturated rings. The lowest BCUT2D eigenvalue weighted by atomic mass is 10.1. The molecule has 0 aliphatic heterocycles. The SMILES string of the molecule is Brc1ccc2c3ccccc3n(-c3ccccc3)c2c1.C.c1ccc(N(c2cccc(N(c3ccccc3)c3ccc4c5ccccc5n(-c5ccccc5)c4c3)c2)c2ccc3c4ccccc4n(-c4ccccc4)c3c2)cc1.c1ccc(Nc2cccc(Nc3ccccc3)c2)cc1. The van der Waals surface area contributed by atoms with Crippen molar-refractivity contribution < 1.29 is 0 Å². The van der Waals surface area contributed by atoms with E-state index >= 15 is 0 Å². The van der Waals surface area contributed by atoms with Crippen LogP contribution in [-0.4, -0.2) is 13.7 Å². The molecular weight excluding hydrogens is 1270 g/mol. The molecule has 0 radical (unpaired) electrons. The normalized spacial score (nSPS) is 11.0. The average molecular weight is 1340 g/mol. The fourth-order valence-electron chi connectivity index (χ4n) is 13.6. The first-order valence-electron chi connectivity index (χ1n) is 33.0. The molecule has 18 rings (SSSR count). The third kappa shape index (κ3) is 12.8. The van der Waals surface area contributed by atoms with Crippen LogP contribution in [0.5, 0.6) is 0 Å². The topological polar surface area (TPSA) is 45.3 Å². The maximum Gasteiger partial charge on any atom is 0.0561 e. The van der Waals surface area contributed by atoms with Gasteiger partial charge in [0.1, 0.15) is 0 Å². The molecule has 0 saturated carbocycles. The Bertz CT molecular complexity index is 5490. The van der Waals surface area contributed by atoms with Gasteiger partial charge in [0.2, 0.25) is 0 Å². The van der Waals surface area contributed by atoms with Crippen LogP contribution in [0.4, 0.5) is 56.9 Å². The first-order chi connectivity index (χ1) is 48.5. The molecule has 0 spiro atoms. The lowest BCUT2D eigenvalue weighted by molar-refractivity contribution is 1.17. The minimum Gasteiger partial charge on any atom is -0.355 e. The van der Waals surface area contributed by atoms with Crippen LogP contribution in [0.15, 0.2) is 393 Å². The number of hydrogen-bond acceptors (Lipinski definition) is 4. The molecule has 3 heterocycles. The third-order valence-corrected chi connectivity index (χ3v) is 18.4.